The van der Waals surface area contributed by atoms with Gasteiger partial charge in [-0.15, -0.1) is 0 Å². The minimum atomic E-state index is -0.831. The van der Waals surface area contributed by atoms with Crippen LogP contribution in [0.3, 0.4) is 0 Å². The van der Waals surface area contributed by atoms with E-state index >= 15 is 0 Å². The van der Waals surface area contributed by atoms with E-state index in [4.69, 9.17) is 5.11 Å². The lowest BCUT2D eigenvalue weighted by Gasteiger charge is -2.39. The van der Waals surface area contributed by atoms with Crippen LogP contribution in [0.2, 0.25) is 0 Å². The number of aromatic carboxylic acids is 1. The Hall–Kier alpha value is -1.31. The summed E-state index contributed by atoms with van der Waals surface area (Å²) in [5.74, 6) is -0.831. The molecule has 0 radical (unpaired) electrons. The molecule has 1 fully saturated rings. The van der Waals surface area contributed by atoms with Crippen molar-refractivity contribution in [2.75, 3.05) is 0 Å². The molecule has 0 bridgehead atoms. The number of carboxylic acid groups (broad SMARTS) is 1. The molecule has 0 aromatic heterocycles. The fraction of sp³-hybridized carbons (Fsp3) is 0.462. The zero-order valence-corrected chi connectivity index (χ0v) is 9.21. The molecule has 2 heteroatoms. The van der Waals surface area contributed by atoms with Gasteiger partial charge in [0, 0.05) is 0 Å². The molecule has 0 atom stereocenters. The Morgan fingerprint density at radius 3 is 2.47 bits per heavy atom. The highest BCUT2D eigenvalue weighted by atomic mass is 16.4. The van der Waals surface area contributed by atoms with E-state index in [1.54, 1.807) is 6.07 Å². The smallest absolute Gasteiger partial charge is 0.335 e. The van der Waals surface area contributed by atoms with Crippen molar-refractivity contribution < 1.29 is 9.90 Å². The molecule has 1 aliphatic rings. The molecule has 2 rings (SSSR count). The first-order valence-corrected chi connectivity index (χ1v) is 5.37. The van der Waals surface area contributed by atoms with Crippen molar-refractivity contribution in [2.24, 2.45) is 0 Å². The molecule has 2 nitrogen and oxygen atoms in total. The summed E-state index contributed by atoms with van der Waals surface area (Å²) in [4.78, 5) is 10.9. The van der Waals surface area contributed by atoms with Crippen molar-refractivity contribution in [2.45, 2.75) is 38.5 Å². The predicted molar refractivity (Wildman–Crippen MR) is 59.3 cm³/mol. The monoisotopic (exact) mass is 204 g/mol. The fourth-order valence-corrected chi connectivity index (χ4v) is 2.25. The summed E-state index contributed by atoms with van der Waals surface area (Å²) in [6.45, 7) is 4.18. The van der Waals surface area contributed by atoms with E-state index in [2.05, 4.69) is 13.0 Å². The van der Waals surface area contributed by atoms with Gasteiger partial charge in [-0.2, -0.15) is 0 Å². The highest BCUT2D eigenvalue weighted by Gasteiger charge is 2.33. The lowest BCUT2D eigenvalue weighted by Crippen LogP contribution is -2.30. The van der Waals surface area contributed by atoms with Crippen molar-refractivity contribution in [3.05, 3.63) is 34.9 Å². The van der Waals surface area contributed by atoms with E-state index in [0.717, 1.165) is 5.56 Å². The van der Waals surface area contributed by atoms with Crippen LogP contribution in [0.15, 0.2) is 18.2 Å². The van der Waals surface area contributed by atoms with Gasteiger partial charge in [-0.05, 0) is 48.4 Å². The third-order valence-electron chi connectivity index (χ3n) is 3.48. The minimum absolute atomic E-state index is 0.218. The Kier molecular flexibility index (Phi) is 2.29. The summed E-state index contributed by atoms with van der Waals surface area (Å²) in [6.07, 6.45) is 3.61. The Bertz CT molecular complexity index is 403. The lowest BCUT2D eigenvalue weighted by atomic mass is 9.65. The molecule has 0 heterocycles. The van der Waals surface area contributed by atoms with E-state index in [0.29, 0.717) is 5.56 Å². The van der Waals surface area contributed by atoms with Gasteiger partial charge in [0.25, 0.3) is 0 Å². The molecule has 1 aliphatic carbocycles. The van der Waals surface area contributed by atoms with E-state index in [-0.39, 0.29) is 5.41 Å². The van der Waals surface area contributed by atoms with Crippen molar-refractivity contribution in [3.63, 3.8) is 0 Å². The fourth-order valence-electron chi connectivity index (χ4n) is 2.25. The molecule has 0 unspecified atom stereocenters. The molecule has 0 aliphatic heterocycles. The third kappa shape index (κ3) is 1.76. The average Bonchev–Trinajstić information content (AvgIpc) is 2.13. The Balaban J connectivity index is 2.44. The molecular formula is C13H16O2. The van der Waals surface area contributed by atoms with Gasteiger partial charge in [0.1, 0.15) is 0 Å². The van der Waals surface area contributed by atoms with Gasteiger partial charge in [-0.3, -0.25) is 0 Å². The zero-order chi connectivity index (χ0) is 11.1. The van der Waals surface area contributed by atoms with Gasteiger partial charge in [-0.25, -0.2) is 4.79 Å². The molecule has 0 spiro atoms. The second-order valence-electron chi connectivity index (χ2n) is 4.81. The normalized spacial score (nSPS) is 18.3. The maximum atomic E-state index is 10.9. The molecule has 1 N–H and O–H groups in total. The van der Waals surface area contributed by atoms with Crippen LogP contribution in [0.4, 0.5) is 0 Å². The van der Waals surface area contributed by atoms with Crippen LogP contribution >= 0.6 is 0 Å². The van der Waals surface area contributed by atoms with Crippen LogP contribution in [-0.4, -0.2) is 11.1 Å². The Morgan fingerprint density at radius 1 is 1.33 bits per heavy atom. The standard InChI is InChI=1S/C13H16O2/c1-9-6-10(12(14)15)8-11(7-9)13(2)4-3-5-13/h6-8H,3-5H2,1-2H3,(H,14,15). The summed E-state index contributed by atoms with van der Waals surface area (Å²) in [5.41, 5.74) is 2.86. The number of carbonyl (C=O) groups is 1. The molecule has 1 aromatic carbocycles. The highest BCUT2D eigenvalue weighted by molar-refractivity contribution is 5.88. The van der Waals surface area contributed by atoms with E-state index in [1.165, 1.54) is 24.8 Å². The van der Waals surface area contributed by atoms with Gasteiger partial charge in [0.15, 0.2) is 0 Å². The van der Waals surface area contributed by atoms with E-state index in [1.807, 2.05) is 13.0 Å². The van der Waals surface area contributed by atoms with Crippen LogP contribution in [0.1, 0.15) is 47.7 Å². The molecule has 0 saturated heterocycles. The van der Waals surface area contributed by atoms with E-state index < -0.39 is 5.97 Å². The number of carboxylic acids is 1. The first kappa shape index (κ1) is 10.2. The van der Waals surface area contributed by atoms with Gasteiger partial charge in [-0.1, -0.05) is 19.4 Å². The second-order valence-corrected chi connectivity index (χ2v) is 4.81. The quantitative estimate of drug-likeness (QED) is 0.803. The first-order valence-electron chi connectivity index (χ1n) is 5.37. The van der Waals surface area contributed by atoms with Crippen molar-refractivity contribution >= 4 is 5.97 Å². The van der Waals surface area contributed by atoms with Crippen molar-refractivity contribution in [3.8, 4) is 0 Å². The SMILES string of the molecule is Cc1cc(C(=O)O)cc(C2(C)CCC2)c1. The number of rotatable bonds is 2. The minimum Gasteiger partial charge on any atom is -0.478 e. The van der Waals surface area contributed by atoms with Gasteiger partial charge in [0.2, 0.25) is 0 Å². The predicted octanol–water partition coefficient (Wildman–Crippen LogP) is 3.13. The summed E-state index contributed by atoms with van der Waals surface area (Å²) in [7, 11) is 0. The van der Waals surface area contributed by atoms with Crippen molar-refractivity contribution in [1.29, 1.82) is 0 Å². The number of aryl methyl sites for hydroxylation is 1. The third-order valence-corrected chi connectivity index (χ3v) is 3.48. The Labute approximate surface area is 89.9 Å². The summed E-state index contributed by atoms with van der Waals surface area (Å²) in [6, 6.07) is 5.67. The lowest BCUT2D eigenvalue weighted by molar-refractivity contribution is 0.0696. The molecule has 1 aromatic rings. The summed E-state index contributed by atoms with van der Waals surface area (Å²) < 4.78 is 0. The number of benzene rings is 1. The van der Waals surface area contributed by atoms with Gasteiger partial charge < -0.3 is 5.11 Å². The zero-order valence-electron chi connectivity index (χ0n) is 9.21. The first-order chi connectivity index (χ1) is 7.01. The maximum absolute atomic E-state index is 10.9. The van der Waals surface area contributed by atoms with Crippen LogP contribution in [0.25, 0.3) is 0 Å². The van der Waals surface area contributed by atoms with Crippen LogP contribution < -0.4 is 0 Å². The maximum Gasteiger partial charge on any atom is 0.335 e. The molecular weight excluding hydrogens is 188 g/mol. The van der Waals surface area contributed by atoms with Gasteiger partial charge >= 0.3 is 5.97 Å². The molecule has 1 saturated carbocycles. The Morgan fingerprint density at radius 2 is 2.00 bits per heavy atom. The largest absolute Gasteiger partial charge is 0.478 e. The number of hydrogen-bond acceptors (Lipinski definition) is 1. The summed E-state index contributed by atoms with van der Waals surface area (Å²) >= 11 is 0. The second kappa shape index (κ2) is 3.37. The molecule has 15 heavy (non-hydrogen) atoms. The van der Waals surface area contributed by atoms with E-state index in [9.17, 15) is 4.79 Å². The van der Waals surface area contributed by atoms with Gasteiger partial charge in [0.05, 0.1) is 5.56 Å². The van der Waals surface area contributed by atoms with Crippen LogP contribution in [0, 0.1) is 6.92 Å². The van der Waals surface area contributed by atoms with Crippen LogP contribution in [-0.2, 0) is 5.41 Å². The van der Waals surface area contributed by atoms with Crippen LogP contribution in [0.5, 0.6) is 0 Å². The topological polar surface area (TPSA) is 37.3 Å². The number of hydrogen-bond donors (Lipinski definition) is 1. The average molecular weight is 204 g/mol. The molecule has 0 amide bonds. The molecule has 80 valence electrons. The highest BCUT2D eigenvalue weighted by Crippen LogP contribution is 2.43. The summed E-state index contributed by atoms with van der Waals surface area (Å²) in [5, 5.41) is 8.99. The van der Waals surface area contributed by atoms with Crippen molar-refractivity contribution in [1.82, 2.24) is 0 Å².